The molecule has 0 amide bonds. The smallest absolute Gasteiger partial charge is 0.303 e. The van der Waals surface area contributed by atoms with Crippen molar-refractivity contribution in [1.82, 2.24) is 0 Å². The Morgan fingerprint density at radius 1 is 0.577 bits per heavy atom. The van der Waals surface area contributed by atoms with E-state index in [-0.39, 0.29) is 0 Å². The molecule has 0 heterocycles. The molecule has 2 nitrogen and oxygen atoms in total. The van der Waals surface area contributed by atoms with Crippen molar-refractivity contribution in [3.05, 3.63) is 12.2 Å². The molecule has 0 aromatic heterocycles. The Balaban J connectivity index is 3.06. The van der Waals surface area contributed by atoms with Gasteiger partial charge in [0.15, 0.2) is 0 Å². The van der Waals surface area contributed by atoms with E-state index < -0.39 is 5.97 Å². The summed E-state index contributed by atoms with van der Waals surface area (Å²) in [5, 5.41) is 8.57. The summed E-state index contributed by atoms with van der Waals surface area (Å²) in [4.78, 5) is 10.4. The van der Waals surface area contributed by atoms with Crippen LogP contribution < -0.4 is 0 Å². The summed E-state index contributed by atoms with van der Waals surface area (Å²) in [6, 6.07) is 0. The van der Waals surface area contributed by atoms with Crippen molar-refractivity contribution in [1.29, 1.82) is 0 Å². The first-order chi connectivity index (χ1) is 12.8. The van der Waals surface area contributed by atoms with Crippen LogP contribution in [0.25, 0.3) is 0 Å². The average molecular weight is 367 g/mol. The van der Waals surface area contributed by atoms with Crippen LogP contribution in [0.3, 0.4) is 0 Å². The molecule has 0 spiro atoms. The molecule has 0 radical (unpaired) electrons. The highest BCUT2D eigenvalue weighted by atomic mass is 16.4. The Labute approximate surface area is 163 Å². The van der Waals surface area contributed by atoms with Crippen LogP contribution in [0.1, 0.15) is 135 Å². The van der Waals surface area contributed by atoms with E-state index in [9.17, 15) is 4.79 Å². The SMILES string of the molecule is CCCCCCCC/C=C\CCCCCCCCCCCCCC(=O)O. The lowest BCUT2D eigenvalue weighted by Crippen LogP contribution is -1.93. The van der Waals surface area contributed by atoms with Crippen LogP contribution in [0.4, 0.5) is 0 Å². The Hall–Kier alpha value is -0.790. The van der Waals surface area contributed by atoms with Gasteiger partial charge >= 0.3 is 5.97 Å². The number of carboxylic acid groups (broad SMARTS) is 1. The Bertz CT molecular complexity index is 309. The molecular weight excluding hydrogens is 320 g/mol. The maximum Gasteiger partial charge on any atom is 0.303 e. The van der Waals surface area contributed by atoms with Crippen LogP contribution >= 0.6 is 0 Å². The first-order valence-corrected chi connectivity index (χ1v) is 11.6. The maximum atomic E-state index is 10.4. The topological polar surface area (TPSA) is 37.3 Å². The number of allylic oxidation sites excluding steroid dienone is 2. The molecule has 2 heteroatoms. The largest absolute Gasteiger partial charge is 0.481 e. The predicted molar refractivity (Wildman–Crippen MR) is 115 cm³/mol. The summed E-state index contributed by atoms with van der Waals surface area (Å²) in [5.74, 6) is -0.654. The zero-order valence-electron chi connectivity index (χ0n) is 17.7. The van der Waals surface area contributed by atoms with Crippen molar-refractivity contribution in [3.8, 4) is 0 Å². The molecular formula is C24H46O2. The molecule has 0 saturated heterocycles. The molecule has 0 aliphatic carbocycles. The zero-order valence-corrected chi connectivity index (χ0v) is 17.7. The molecule has 0 rings (SSSR count). The summed E-state index contributed by atoms with van der Waals surface area (Å²) in [6.07, 6.45) is 30.1. The van der Waals surface area contributed by atoms with Gasteiger partial charge < -0.3 is 5.11 Å². The van der Waals surface area contributed by atoms with E-state index in [4.69, 9.17) is 5.11 Å². The summed E-state index contributed by atoms with van der Waals surface area (Å²) >= 11 is 0. The van der Waals surface area contributed by atoms with Crippen molar-refractivity contribution in [2.75, 3.05) is 0 Å². The van der Waals surface area contributed by atoms with Gasteiger partial charge in [0.1, 0.15) is 0 Å². The van der Waals surface area contributed by atoms with Crippen LogP contribution in [0.2, 0.25) is 0 Å². The molecule has 0 fully saturated rings. The fourth-order valence-corrected chi connectivity index (χ4v) is 3.41. The van der Waals surface area contributed by atoms with Gasteiger partial charge in [-0.15, -0.1) is 0 Å². The Kier molecular flexibility index (Phi) is 21.6. The first kappa shape index (κ1) is 25.2. The minimum Gasteiger partial charge on any atom is -0.481 e. The molecule has 0 aromatic carbocycles. The summed E-state index contributed by atoms with van der Waals surface area (Å²) in [6.45, 7) is 2.28. The quantitative estimate of drug-likeness (QED) is 0.163. The highest BCUT2D eigenvalue weighted by Crippen LogP contribution is 2.13. The Morgan fingerprint density at radius 3 is 1.31 bits per heavy atom. The van der Waals surface area contributed by atoms with Gasteiger partial charge in [-0.05, 0) is 32.1 Å². The zero-order chi connectivity index (χ0) is 19.1. The molecule has 154 valence electrons. The minimum atomic E-state index is -0.654. The van der Waals surface area contributed by atoms with Crippen molar-refractivity contribution >= 4 is 5.97 Å². The highest BCUT2D eigenvalue weighted by molar-refractivity contribution is 5.66. The molecule has 1 N–H and O–H groups in total. The molecule has 0 atom stereocenters. The second-order valence-corrected chi connectivity index (χ2v) is 7.85. The van der Waals surface area contributed by atoms with E-state index in [2.05, 4.69) is 19.1 Å². The number of carbonyl (C=O) groups is 1. The van der Waals surface area contributed by atoms with Crippen molar-refractivity contribution < 1.29 is 9.90 Å². The van der Waals surface area contributed by atoms with Gasteiger partial charge in [0.05, 0.1) is 0 Å². The van der Waals surface area contributed by atoms with Crippen LogP contribution in [0.5, 0.6) is 0 Å². The van der Waals surface area contributed by atoms with Gasteiger partial charge in [0, 0.05) is 6.42 Å². The van der Waals surface area contributed by atoms with Crippen LogP contribution in [0, 0.1) is 0 Å². The summed E-state index contributed by atoms with van der Waals surface area (Å²) in [7, 11) is 0. The molecule has 0 saturated carbocycles. The second kappa shape index (κ2) is 22.3. The van der Waals surface area contributed by atoms with Gasteiger partial charge in [-0.3, -0.25) is 4.79 Å². The van der Waals surface area contributed by atoms with E-state index >= 15 is 0 Å². The third-order valence-corrected chi connectivity index (χ3v) is 5.15. The number of unbranched alkanes of at least 4 members (excludes halogenated alkanes) is 17. The van der Waals surface area contributed by atoms with E-state index in [1.807, 2.05) is 0 Å². The fourth-order valence-electron chi connectivity index (χ4n) is 3.41. The molecule has 0 unspecified atom stereocenters. The van der Waals surface area contributed by atoms with Crippen LogP contribution in [-0.2, 0) is 4.79 Å². The van der Waals surface area contributed by atoms with Crippen molar-refractivity contribution in [2.45, 2.75) is 135 Å². The van der Waals surface area contributed by atoms with Gasteiger partial charge in [-0.1, -0.05) is 109 Å². The molecule has 0 bridgehead atoms. The molecule has 0 aliphatic heterocycles. The third kappa shape index (κ3) is 23.2. The molecule has 0 aliphatic rings. The first-order valence-electron chi connectivity index (χ1n) is 11.6. The molecule has 26 heavy (non-hydrogen) atoms. The van der Waals surface area contributed by atoms with Gasteiger partial charge in [0.25, 0.3) is 0 Å². The van der Waals surface area contributed by atoms with E-state index in [0.29, 0.717) is 6.42 Å². The number of hydrogen-bond donors (Lipinski definition) is 1. The average Bonchev–Trinajstić information content (AvgIpc) is 2.62. The maximum absolute atomic E-state index is 10.4. The van der Waals surface area contributed by atoms with Crippen molar-refractivity contribution in [2.24, 2.45) is 0 Å². The lowest BCUT2D eigenvalue weighted by Gasteiger charge is -2.02. The second-order valence-electron chi connectivity index (χ2n) is 7.85. The number of aliphatic carboxylic acids is 1. The van der Waals surface area contributed by atoms with Gasteiger partial charge in [-0.2, -0.15) is 0 Å². The summed E-state index contributed by atoms with van der Waals surface area (Å²) < 4.78 is 0. The van der Waals surface area contributed by atoms with E-state index in [1.165, 1.54) is 109 Å². The lowest BCUT2D eigenvalue weighted by atomic mass is 10.0. The van der Waals surface area contributed by atoms with Gasteiger partial charge in [0.2, 0.25) is 0 Å². The Morgan fingerprint density at radius 2 is 0.923 bits per heavy atom. The molecule has 0 aromatic rings. The number of hydrogen-bond acceptors (Lipinski definition) is 1. The van der Waals surface area contributed by atoms with E-state index in [0.717, 1.165) is 12.8 Å². The van der Waals surface area contributed by atoms with Crippen LogP contribution in [0.15, 0.2) is 12.2 Å². The minimum absolute atomic E-state index is 0.342. The van der Waals surface area contributed by atoms with Crippen LogP contribution in [-0.4, -0.2) is 11.1 Å². The standard InChI is InChI=1S/C24H46O2/c1-2-3-4-5-6-7-8-9-10-11-12-13-14-15-16-17-18-19-20-21-22-23-24(25)26/h9-10H,2-8,11-23H2,1H3,(H,25,26)/b10-9-. The lowest BCUT2D eigenvalue weighted by molar-refractivity contribution is -0.137. The monoisotopic (exact) mass is 366 g/mol. The normalized spacial score (nSPS) is 11.4. The summed E-state index contributed by atoms with van der Waals surface area (Å²) in [5.41, 5.74) is 0. The predicted octanol–water partition coefficient (Wildman–Crippen LogP) is 8.45. The highest BCUT2D eigenvalue weighted by Gasteiger charge is 1.97. The van der Waals surface area contributed by atoms with Gasteiger partial charge in [-0.25, -0.2) is 0 Å². The number of carboxylic acids is 1. The third-order valence-electron chi connectivity index (χ3n) is 5.15. The van der Waals surface area contributed by atoms with E-state index in [1.54, 1.807) is 0 Å². The fraction of sp³-hybridized carbons (Fsp3) is 0.875. The van der Waals surface area contributed by atoms with Crippen molar-refractivity contribution in [3.63, 3.8) is 0 Å². The number of rotatable bonds is 21.